The fourth-order valence-electron chi connectivity index (χ4n) is 3.47. The van der Waals surface area contributed by atoms with E-state index >= 15 is 4.39 Å². The van der Waals surface area contributed by atoms with Gasteiger partial charge in [0.15, 0.2) is 5.82 Å². The molecule has 0 saturated heterocycles. The molecule has 1 aromatic carbocycles. The highest BCUT2D eigenvalue weighted by molar-refractivity contribution is 6.03. The zero-order valence-electron chi connectivity index (χ0n) is 14.6. The van der Waals surface area contributed by atoms with Crippen molar-refractivity contribution in [1.29, 1.82) is 0 Å². The van der Waals surface area contributed by atoms with Crippen LogP contribution < -0.4 is 10.6 Å². The van der Waals surface area contributed by atoms with Gasteiger partial charge in [-0.2, -0.15) is 5.10 Å². The molecule has 1 aliphatic rings. The lowest BCUT2D eigenvalue weighted by Gasteiger charge is -2.15. The lowest BCUT2D eigenvalue weighted by Crippen LogP contribution is -2.06. The van der Waals surface area contributed by atoms with E-state index in [0.717, 1.165) is 46.3 Å². The Morgan fingerprint density at radius 1 is 1.27 bits per heavy atom. The van der Waals surface area contributed by atoms with Crippen LogP contribution in [-0.4, -0.2) is 32.7 Å². The Morgan fingerprint density at radius 3 is 2.88 bits per heavy atom. The molecule has 3 N–H and O–H groups in total. The highest BCUT2D eigenvalue weighted by atomic mass is 19.1. The minimum Gasteiger partial charge on any atom is -0.378 e. The van der Waals surface area contributed by atoms with E-state index in [9.17, 15) is 0 Å². The summed E-state index contributed by atoms with van der Waals surface area (Å²) in [4.78, 5) is 4.46. The van der Waals surface area contributed by atoms with E-state index < -0.39 is 0 Å². The van der Waals surface area contributed by atoms with Gasteiger partial charge in [0, 0.05) is 30.2 Å². The highest BCUT2D eigenvalue weighted by Crippen LogP contribution is 2.39. The van der Waals surface area contributed by atoms with Crippen molar-refractivity contribution >= 4 is 28.1 Å². The molecule has 4 aromatic rings. The quantitative estimate of drug-likeness (QED) is 0.521. The Morgan fingerprint density at radius 2 is 2.12 bits per heavy atom. The molecule has 7 heteroatoms. The Hall–Kier alpha value is -3.09. The number of imidazole rings is 1. The van der Waals surface area contributed by atoms with Crippen molar-refractivity contribution in [2.24, 2.45) is 0 Å². The maximum Gasteiger partial charge on any atom is 0.152 e. The standard InChI is InChI=1S/C19H19FN6/c1-10-16(11-3-6-15-24-14(21-2)9-26(15)8-11)13-7-22-25-18(13)19(17(10)20)23-12-4-5-12/h3,6-9,12,21,23H,4-5H2,1-2H3,(H,22,25). The lowest BCUT2D eigenvalue weighted by molar-refractivity contribution is 0.623. The molecule has 1 aliphatic carbocycles. The van der Waals surface area contributed by atoms with Gasteiger partial charge in [0.05, 0.1) is 23.6 Å². The number of aromatic amines is 1. The number of rotatable bonds is 4. The molecule has 0 aliphatic heterocycles. The summed E-state index contributed by atoms with van der Waals surface area (Å²) in [5.41, 5.74) is 4.49. The van der Waals surface area contributed by atoms with Crippen molar-refractivity contribution < 1.29 is 4.39 Å². The number of halogens is 1. The van der Waals surface area contributed by atoms with E-state index in [-0.39, 0.29) is 5.82 Å². The van der Waals surface area contributed by atoms with Crippen molar-refractivity contribution in [3.63, 3.8) is 0 Å². The van der Waals surface area contributed by atoms with Gasteiger partial charge < -0.3 is 15.0 Å². The third-order valence-electron chi connectivity index (χ3n) is 5.00. The summed E-state index contributed by atoms with van der Waals surface area (Å²) in [6, 6.07) is 4.28. The van der Waals surface area contributed by atoms with Gasteiger partial charge in [-0.3, -0.25) is 5.10 Å². The van der Waals surface area contributed by atoms with Gasteiger partial charge in [-0.05, 0) is 43.0 Å². The van der Waals surface area contributed by atoms with Crippen LogP contribution in [0.25, 0.3) is 27.7 Å². The Labute approximate surface area is 149 Å². The molecular formula is C19H19FN6. The van der Waals surface area contributed by atoms with Crippen molar-refractivity contribution in [3.8, 4) is 11.1 Å². The van der Waals surface area contributed by atoms with Crippen LogP contribution in [-0.2, 0) is 0 Å². The second kappa shape index (κ2) is 5.45. The first-order valence-corrected chi connectivity index (χ1v) is 8.74. The highest BCUT2D eigenvalue weighted by Gasteiger charge is 2.26. The van der Waals surface area contributed by atoms with Gasteiger partial charge in [0.25, 0.3) is 0 Å². The monoisotopic (exact) mass is 350 g/mol. The lowest BCUT2D eigenvalue weighted by atomic mass is 9.96. The molecule has 3 aromatic heterocycles. The number of fused-ring (bicyclic) bond motifs is 2. The number of pyridine rings is 1. The van der Waals surface area contributed by atoms with Crippen LogP contribution in [0.4, 0.5) is 15.9 Å². The third kappa shape index (κ3) is 2.23. The van der Waals surface area contributed by atoms with Crippen LogP contribution >= 0.6 is 0 Å². The van der Waals surface area contributed by atoms with Crippen LogP contribution in [0, 0.1) is 12.7 Å². The second-order valence-corrected chi connectivity index (χ2v) is 6.83. The van der Waals surface area contributed by atoms with Crippen LogP contribution in [0.2, 0.25) is 0 Å². The summed E-state index contributed by atoms with van der Waals surface area (Å²) in [7, 11) is 1.84. The third-order valence-corrected chi connectivity index (χ3v) is 5.00. The van der Waals surface area contributed by atoms with Crippen molar-refractivity contribution in [2.75, 3.05) is 17.7 Å². The summed E-state index contributed by atoms with van der Waals surface area (Å²) in [5.74, 6) is 0.577. The summed E-state index contributed by atoms with van der Waals surface area (Å²) in [6.45, 7) is 1.83. The number of benzene rings is 1. The maximum absolute atomic E-state index is 15.2. The zero-order chi connectivity index (χ0) is 17.8. The van der Waals surface area contributed by atoms with Crippen molar-refractivity contribution in [3.05, 3.63) is 42.1 Å². The van der Waals surface area contributed by atoms with Gasteiger partial charge in [-0.1, -0.05) is 0 Å². The van der Waals surface area contributed by atoms with E-state index in [4.69, 9.17) is 0 Å². The summed E-state index contributed by atoms with van der Waals surface area (Å²) < 4.78 is 17.1. The number of anilines is 2. The van der Waals surface area contributed by atoms with Crippen molar-refractivity contribution in [1.82, 2.24) is 19.6 Å². The second-order valence-electron chi connectivity index (χ2n) is 6.83. The van der Waals surface area contributed by atoms with E-state index in [0.29, 0.717) is 17.3 Å². The average Bonchev–Trinajstić information content (AvgIpc) is 3.17. The van der Waals surface area contributed by atoms with Crippen LogP contribution in [0.15, 0.2) is 30.7 Å². The van der Waals surface area contributed by atoms with Gasteiger partial charge in [-0.15, -0.1) is 0 Å². The van der Waals surface area contributed by atoms with Crippen LogP contribution in [0.5, 0.6) is 0 Å². The normalized spacial score (nSPS) is 14.3. The molecule has 1 fully saturated rings. The SMILES string of the molecule is CNc1cn2cc(-c3c(C)c(F)c(NC4CC4)c4[nH]ncc34)ccc2n1. The van der Waals surface area contributed by atoms with E-state index in [2.05, 4.69) is 25.8 Å². The molecule has 6 nitrogen and oxygen atoms in total. The summed E-state index contributed by atoms with van der Waals surface area (Å²) in [5, 5.41) is 14.4. The van der Waals surface area contributed by atoms with Gasteiger partial charge in [0.2, 0.25) is 0 Å². The first kappa shape index (κ1) is 15.2. The molecule has 0 atom stereocenters. The molecule has 0 amide bonds. The largest absolute Gasteiger partial charge is 0.378 e. The molecule has 0 unspecified atom stereocenters. The number of nitrogens with zero attached hydrogens (tertiary/aromatic N) is 3. The molecule has 1 saturated carbocycles. The first-order chi connectivity index (χ1) is 12.7. The predicted molar refractivity (Wildman–Crippen MR) is 101 cm³/mol. The molecule has 0 bridgehead atoms. The summed E-state index contributed by atoms with van der Waals surface area (Å²) in [6.07, 6.45) is 7.83. The Kier molecular flexibility index (Phi) is 3.19. The Balaban J connectivity index is 1.73. The molecule has 0 spiro atoms. The van der Waals surface area contributed by atoms with Crippen LogP contribution in [0.1, 0.15) is 18.4 Å². The van der Waals surface area contributed by atoms with Gasteiger partial charge in [0.1, 0.15) is 11.5 Å². The topological polar surface area (TPSA) is 70.0 Å². The van der Waals surface area contributed by atoms with Crippen molar-refractivity contribution in [2.45, 2.75) is 25.8 Å². The molecule has 26 heavy (non-hydrogen) atoms. The zero-order valence-corrected chi connectivity index (χ0v) is 14.6. The smallest absolute Gasteiger partial charge is 0.152 e. The first-order valence-electron chi connectivity index (χ1n) is 8.74. The Bertz CT molecular complexity index is 1140. The minimum atomic E-state index is -0.217. The predicted octanol–water partition coefficient (Wildman–Crippen LogP) is 3.94. The molecule has 5 rings (SSSR count). The van der Waals surface area contributed by atoms with E-state index in [1.165, 1.54) is 0 Å². The fraction of sp³-hybridized carbons (Fsp3) is 0.263. The molecular weight excluding hydrogens is 331 g/mol. The number of hydrogen-bond donors (Lipinski definition) is 3. The minimum absolute atomic E-state index is 0.217. The molecule has 3 heterocycles. The van der Waals surface area contributed by atoms with Crippen LogP contribution in [0.3, 0.4) is 0 Å². The number of hydrogen-bond acceptors (Lipinski definition) is 4. The van der Waals surface area contributed by atoms with Gasteiger partial charge >= 0.3 is 0 Å². The molecule has 132 valence electrons. The number of nitrogens with one attached hydrogen (secondary N) is 3. The fourth-order valence-corrected chi connectivity index (χ4v) is 3.47. The molecule has 0 radical (unpaired) electrons. The number of H-pyrrole nitrogens is 1. The van der Waals surface area contributed by atoms with Gasteiger partial charge in [-0.25, -0.2) is 9.37 Å². The average molecular weight is 350 g/mol. The van der Waals surface area contributed by atoms with E-state index in [1.807, 2.05) is 42.9 Å². The van der Waals surface area contributed by atoms with E-state index in [1.54, 1.807) is 6.20 Å². The maximum atomic E-state index is 15.2. The number of aromatic nitrogens is 4. The summed E-state index contributed by atoms with van der Waals surface area (Å²) >= 11 is 0.